The quantitative estimate of drug-likeness (QED) is 0.538. The molecule has 0 saturated carbocycles. The molecule has 0 spiro atoms. The fraction of sp³-hybridized carbons (Fsp3) is 0. The van der Waals surface area contributed by atoms with Crippen LogP contribution in [0, 0.1) is 0 Å². The minimum atomic E-state index is -0.385. The van der Waals surface area contributed by atoms with Gasteiger partial charge in [0.25, 0.3) is 11.8 Å². The SMILES string of the molecule is O=C(Nc1ccccc1-c1nc(-c2ccco2)no1)c1ccc(Br)o1. The number of halogens is 1. The zero-order valence-corrected chi connectivity index (χ0v) is 14.2. The Morgan fingerprint density at radius 1 is 1.08 bits per heavy atom. The van der Waals surface area contributed by atoms with Gasteiger partial charge in [0.2, 0.25) is 5.82 Å². The third-order valence-corrected chi connectivity index (χ3v) is 3.80. The molecule has 1 amide bonds. The monoisotopic (exact) mass is 399 g/mol. The van der Waals surface area contributed by atoms with Crippen LogP contribution in [-0.2, 0) is 0 Å². The first-order valence-electron chi connectivity index (χ1n) is 7.24. The van der Waals surface area contributed by atoms with Gasteiger partial charge >= 0.3 is 0 Å². The highest BCUT2D eigenvalue weighted by atomic mass is 79.9. The zero-order valence-electron chi connectivity index (χ0n) is 12.6. The molecule has 124 valence electrons. The number of carbonyl (C=O) groups excluding carboxylic acids is 1. The van der Waals surface area contributed by atoms with Crippen molar-refractivity contribution in [3.63, 3.8) is 0 Å². The van der Waals surface area contributed by atoms with Crippen molar-refractivity contribution in [1.82, 2.24) is 10.1 Å². The molecule has 7 nitrogen and oxygen atoms in total. The molecule has 1 aromatic carbocycles. The summed E-state index contributed by atoms with van der Waals surface area (Å²) in [5, 5.41) is 6.68. The summed E-state index contributed by atoms with van der Waals surface area (Å²) >= 11 is 3.17. The fourth-order valence-electron chi connectivity index (χ4n) is 2.24. The van der Waals surface area contributed by atoms with Crippen molar-refractivity contribution in [2.24, 2.45) is 0 Å². The van der Waals surface area contributed by atoms with Gasteiger partial charge in [-0.05, 0) is 52.3 Å². The van der Waals surface area contributed by atoms with Crippen LogP contribution in [-0.4, -0.2) is 16.0 Å². The first kappa shape index (κ1) is 15.4. The number of nitrogens with one attached hydrogen (secondary N) is 1. The number of benzene rings is 1. The van der Waals surface area contributed by atoms with Gasteiger partial charge in [0.05, 0.1) is 17.5 Å². The summed E-state index contributed by atoms with van der Waals surface area (Å²) in [6, 6.07) is 13.8. The second-order valence-corrected chi connectivity index (χ2v) is 5.79. The second kappa shape index (κ2) is 6.40. The highest BCUT2D eigenvalue weighted by molar-refractivity contribution is 9.10. The largest absolute Gasteiger partial charge is 0.461 e. The molecule has 25 heavy (non-hydrogen) atoms. The van der Waals surface area contributed by atoms with Crippen molar-refractivity contribution < 1.29 is 18.2 Å². The lowest BCUT2D eigenvalue weighted by Gasteiger charge is -2.06. The van der Waals surface area contributed by atoms with E-state index in [0.717, 1.165) is 0 Å². The molecule has 4 rings (SSSR count). The van der Waals surface area contributed by atoms with E-state index in [0.29, 0.717) is 27.5 Å². The van der Waals surface area contributed by atoms with Gasteiger partial charge in [0.1, 0.15) is 0 Å². The van der Waals surface area contributed by atoms with Crippen molar-refractivity contribution in [2.45, 2.75) is 0 Å². The lowest BCUT2D eigenvalue weighted by Crippen LogP contribution is -2.11. The van der Waals surface area contributed by atoms with Crippen LogP contribution in [0.15, 0.2) is 72.8 Å². The van der Waals surface area contributed by atoms with E-state index in [4.69, 9.17) is 13.4 Å². The molecule has 8 heteroatoms. The average Bonchev–Trinajstić information content (AvgIpc) is 3.36. The number of anilines is 1. The summed E-state index contributed by atoms with van der Waals surface area (Å²) in [5.41, 5.74) is 1.11. The van der Waals surface area contributed by atoms with E-state index in [1.165, 1.54) is 6.26 Å². The maximum Gasteiger partial charge on any atom is 0.291 e. The van der Waals surface area contributed by atoms with E-state index in [1.54, 1.807) is 42.5 Å². The Labute approximate surface area is 149 Å². The Hall–Kier alpha value is -3.13. The number of furan rings is 2. The number of nitrogens with zero attached hydrogens (tertiary/aromatic N) is 2. The summed E-state index contributed by atoms with van der Waals surface area (Å²) in [6.07, 6.45) is 1.53. The highest BCUT2D eigenvalue weighted by Crippen LogP contribution is 2.29. The molecule has 0 radical (unpaired) electrons. The summed E-state index contributed by atoms with van der Waals surface area (Å²) < 4.78 is 16.3. The Morgan fingerprint density at radius 2 is 1.96 bits per heavy atom. The molecule has 0 fully saturated rings. The topological polar surface area (TPSA) is 94.3 Å². The van der Waals surface area contributed by atoms with Gasteiger partial charge in [-0.2, -0.15) is 4.98 Å². The Balaban J connectivity index is 1.64. The number of carbonyl (C=O) groups is 1. The van der Waals surface area contributed by atoms with Crippen LogP contribution in [0.1, 0.15) is 10.6 Å². The summed E-state index contributed by atoms with van der Waals surface area (Å²) in [7, 11) is 0. The van der Waals surface area contributed by atoms with Crippen molar-refractivity contribution in [1.29, 1.82) is 0 Å². The minimum Gasteiger partial charge on any atom is -0.461 e. The number of rotatable bonds is 4. The van der Waals surface area contributed by atoms with E-state index in [2.05, 4.69) is 31.4 Å². The molecule has 0 saturated heterocycles. The molecular formula is C17H10BrN3O4. The molecule has 1 N–H and O–H groups in total. The van der Waals surface area contributed by atoms with E-state index in [-0.39, 0.29) is 17.6 Å². The third kappa shape index (κ3) is 3.11. The molecule has 0 unspecified atom stereocenters. The van der Waals surface area contributed by atoms with Crippen LogP contribution in [0.25, 0.3) is 23.0 Å². The van der Waals surface area contributed by atoms with Crippen molar-refractivity contribution in [3.8, 4) is 23.0 Å². The van der Waals surface area contributed by atoms with Crippen LogP contribution < -0.4 is 5.32 Å². The number of hydrogen-bond donors (Lipinski definition) is 1. The van der Waals surface area contributed by atoms with Gasteiger partial charge in [-0.15, -0.1) is 0 Å². The van der Waals surface area contributed by atoms with Gasteiger partial charge in [0, 0.05) is 0 Å². The fourth-order valence-corrected chi connectivity index (χ4v) is 2.54. The zero-order chi connectivity index (χ0) is 17.2. The van der Waals surface area contributed by atoms with E-state index >= 15 is 0 Å². The lowest BCUT2D eigenvalue weighted by atomic mass is 10.1. The number of hydrogen-bond acceptors (Lipinski definition) is 6. The minimum absolute atomic E-state index is 0.184. The molecule has 3 aromatic heterocycles. The number of para-hydroxylation sites is 1. The predicted octanol–water partition coefficient (Wildman–Crippen LogP) is 4.60. The van der Waals surface area contributed by atoms with Crippen LogP contribution in [0.2, 0.25) is 0 Å². The van der Waals surface area contributed by atoms with Crippen LogP contribution in [0.5, 0.6) is 0 Å². The van der Waals surface area contributed by atoms with Gasteiger partial charge in [0.15, 0.2) is 16.2 Å². The van der Waals surface area contributed by atoms with Crippen LogP contribution in [0.4, 0.5) is 5.69 Å². The predicted molar refractivity (Wildman–Crippen MR) is 91.8 cm³/mol. The lowest BCUT2D eigenvalue weighted by molar-refractivity contribution is 0.0995. The summed E-state index contributed by atoms with van der Waals surface area (Å²) in [5.74, 6) is 0.892. The van der Waals surface area contributed by atoms with Gasteiger partial charge < -0.3 is 18.7 Å². The molecule has 0 aliphatic carbocycles. The molecule has 0 bridgehead atoms. The summed E-state index contributed by atoms with van der Waals surface area (Å²) in [4.78, 5) is 16.6. The maximum atomic E-state index is 12.3. The molecule has 0 aliphatic rings. The Bertz CT molecular complexity index is 1020. The van der Waals surface area contributed by atoms with Crippen molar-refractivity contribution in [2.75, 3.05) is 5.32 Å². The first-order valence-corrected chi connectivity index (χ1v) is 8.04. The van der Waals surface area contributed by atoms with Crippen molar-refractivity contribution >= 4 is 27.5 Å². The number of aromatic nitrogens is 2. The van der Waals surface area contributed by atoms with E-state index < -0.39 is 0 Å². The second-order valence-electron chi connectivity index (χ2n) is 5.00. The standard InChI is InChI=1S/C17H10BrN3O4/c18-14-8-7-13(24-14)16(22)19-11-5-2-1-4-10(11)17-20-15(21-25-17)12-6-3-9-23-12/h1-9H,(H,19,22). The maximum absolute atomic E-state index is 12.3. The smallest absolute Gasteiger partial charge is 0.291 e. The molecule has 0 atom stereocenters. The van der Waals surface area contributed by atoms with Gasteiger partial charge in [-0.25, -0.2) is 0 Å². The molecule has 3 heterocycles. The van der Waals surface area contributed by atoms with Crippen LogP contribution in [0.3, 0.4) is 0 Å². The van der Waals surface area contributed by atoms with Gasteiger partial charge in [-0.3, -0.25) is 4.79 Å². The van der Waals surface area contributed by atoms with Crippen molar-refractivity contribution in [3.05, 3.63) is 65.2 Å². The average molecular weight is 400 g/mol. The normalized spacial score (nSPS) is 10.8. The number of amides is 1. The van der Waals surface area contributed by atoms with Crippen LogP contribution >= 0.6 is 15.9 Å². The van der Waals surface area contributed by atoms with Gasteiger partial charge in [-0.1, -0.05) is 17.3 Å². The van der Waals surface area contributed by atoms with E-state index in [1.807, 2.05) is 6.07 Å². The molecule has 4 aromatic rings. The Kier molecular flexibility index (Phi) is 3.95. The van der Waals surface area contributed by atoms with E-state index in [9.17, 15) is 4.79 Å². The molecular weight excluding hydrogens is 390 g/mol. The Morgan fingerprint density at radius 3 is 2.72 bits per heavy atom. The first-order chi connectivity index (χ1) is 12.2. The summed E-state index contributed by atoms with van der Waals surface area (Å²) in [6.45, 7) is 0. The highest BCUT2D eigenvalue weighted by Gasteiger charge is 2.18. The molecule has 0 aliphatic heterocycles. The third-order valence-electron chi connectivity index (χ3n) is 3.37.